The van der Waals surface area contributed by atoms with Crippen molar-refractivity contribution in [2.45, 2.75) is 14.9 Å². The topological polar surface area (TPSA) is 96.5 Å². The first-order chi connectivity index (χ1) is 14.9. The van der Waals surface area contributed by atoms with Crippen molar-refractivity contribution in [1.29, 1.82) is 0 Å². The largest absolute Gasteiger partial charge is 0.495 e. The van der Waals surface area contributed by atoms with Crippen LogP contribution < -0.4 is 20.7 Å². The first-order valence-electron chi connectivity index (χ1n) is 8.63. The highest BCUT2D eigenvalue weighted by atomic mass is 79.9. The number of sulfone groups is 1. The van der Waals surface area contributed by atoms with Gasteiger partial charge in [-0.15, -0.1) is 0 Å². The Morgan fingerprint density at radius 2 is 1.81 bits per heavy atom. The molecule has 172 valence electrons. The van der Waals surface area contributed by atoms with Crippen LogP contribution >= 0.6 is 63.0 Å². The van der Waals surface area contributed by atoms with Gasteiger partial charge in [-0.05, 0) is 48.6 Å². The standard InChI is InChI=1S/C19H17BrCl3N3O4S2/c1-3-32(28,29)13-8-9-14(15(10-13)30-2)24-18(31)26-17(19(21,22)23)25-16(27)11-4-6-12(20)7-5-11/h3-10,17H,1H2,2H3,(H,25,27)(H2,24,26,31)/t17-/m0/s1. The molecule has 1 amide bonds. The summed E-state index contributed by atoms with van der Waals surface area (Å²) in [6.07, 6.45) is -1.20. The molecular weight excluding hydrogens is 585 g/mol. The van der Waals surface area contributed by atoms with Gasteiger partial charge in [0.1, 0.15) is 11.9 Å². The van der Waals surface area contributed by atoms with E-state index in [-0.39, 0.29) is 15.8 Å². The second-order valence-electron chi connectivity index (χ2n) is 6.13. The zero-order valence-corrected chi connectivity index (χ0v) is 21.9. The molecule has 0 aliphatic heterocycles. The van der Waals surface area contributed by atoms with Crippen molar-refractivity contribution in [3.05, 3.63) is 64.5 Å². The summed E-state index contributed by atoms with van der Waals surface area (Å²) < 4.78 is 28.0. The van der Waals surface area contributed by atoms with Gasteiger partial charge in [0.05, 0.1) is 17.7 Å². The third-order valence-electron chi connectivity index (χ3n) is 3.95. The van der Waals surface area contributed by atoms with Crippen LogP contribution in [0.4, 0.5) is 5.69 Å². The van der Waals surface area contributed by atoms with E-state index in [2.05, 4.69) is 38.5 Å². The monoisotopic (exact) mass is 599 g/mol. The van der Waals surface area contributed by atoms with E-state index < -0.39 is 25.7 Å². The van der Waals surface area contributed by atoms with Gasteiger partial charge in [0.2, 0.25) is 3.79 Å². The second kappa shape index (κ2) is 11.0. The van der Waals surface area contributed by atoms with Crippen LogP contribution in [-0.4, -0.2) is 36.5 Å². The van der Waals surface area contributed by atoms with Gasteiger partial charge < -0.3 is 20.7 Å². The number of thiocarbonyl (C=S) groups is 1. The van der Waals surface area contributed by atoms with Gasteiger partial charge in [0.15, 0.2) is 14.9 Å². The molecule has 32 heavy (non-hydrogen) atoms. The van der Waals surface area contributed by atoms with E-state index in [9.17, 15) is 13.2 Å². The predicted molar refractivity (Wildman–Crippen MR) is 135 cm³/mol. The van der Waals surface area contributed by atoms with Crippen LogP contribution in [0.1, 0.15) is 10.4 Å². The molecule has 0 aromatic heterocycles. The fourth-order valence-electron chi connectivity index (χ4n) is 2.35. The van der Waals surface area contributed by atoms with Crippen molar-refractivity contribution >= 4 is 89.5 Å². The molecular formula is C19H17BrCl3N3O4S2. The molecule has 0 aliphatic rings. The van der Waals surface area contributed by atoms with E-state index in [1.54, 1.807) is 24.3 Å². The van der Waals surface area contributed by atoms with E-state index in [1.807, 2.05) is 0 Å². The van der Waals surface area contributed by atoms with Crippen molar-refractivity contribution in [2.75, 3.05) is 12.4 Å². The fraction of sp³-hybridized carbons (Fsp3) is 0.158. The van der Waals surface area contributed by atoms with Crippen molar-refractivity contribution in [3.63, 3.8) is 0 Å². The number of hydrogen-bond acceptors (Lipinski definition) is 5. The number of nitrogens with one attached hydrogen (secondary N) is 3. The second-order valence-corrected chi connectivity index (χ2v) is 11.7. The highest BCUT2D eigenvalue weighted by molar-refractivity contribution is 9.10. The van der Waals surface area contributed by atoms with Gasteiger partial charge in [-0.1, -0.05) is 57.3 Å². The van der Waals surface area contributed by atoms with E-state index in [0.29, 0.717) is 11.3 Å². The number of carbonyl (C=O) groups is 1. The summed E-state index contributed by atoms with van der Waals surface area (Å²) in [6, 6.07) is 10.7. The Labute approximate surface area is 214 Å². The molecule has 0 bridgehead atoms. The zero-order chi connectivity index (χ0) is 24.1. The number of anilines is 1. The van der Waals surface area contributed by atoms with Crippen LogP contribution in [0.2, 0.25) is 0 Å². The van der Waals surface area contributed by atoms with E-state index in [0.717, 1.165) is 9.88 Å². The van der Waals surface area contributed by atoms with E-state index >= 15 is 0 Å². The first-order valence-corrected chi connectivity index (χ1v) is 12.5. The van der Waals surface area contributed by atoms with Crippen LogP contribution in [0.3, 0.4) is 0 Å². The van der Waals surface area contributed by atoms with Crippen LogP contribution in [0, 0.1) is 0 Å². The molecule has 2 aromatic carbocycles. The Hall–Kier alpha value is -1.56. The number of halogens is 4. The average Bonchev–Trinajstić information content (AvgIpc) is 2.73. The van der Waals surface area contributed by atoms with Crippen molar-refractivity contribution in [3.8, 4) is 5.75 Å². The SMILES string of the molecule is C=CS(=O)(=O)c1ccc(NC(=S)N[C@H](NC(=O)c2ccc(Br)cc2)C(Cl)(Cl)Cl)c(OC)c1. The van der Waals surface area contributed by atoms with Crippen LogP contribution in [0.5, 0.6) is 5.75 Å². The minimum absolute atomic E-state index is 0.00490. The maximum Gasteiger partial charge on any atom is 0.252 e. The Morgan fingerprint density at radius 3 is 2.34 bits per heavy atom. The van der Waals surface area contributed by atoms with Crippen molar-refractivity contribution in [1.82, 2.24) is 10.6 Å². The lowest BCUT2D eigenvalue weighted by atomic mass is 10.2. The van der Waals surface area contributed by atoms with Gasteiger partial charge in [0, 0.05) is 21.5 Å². The maximum atomic E-state index is 12.5. The number of ether oxygens (including phenoxy) is 1. The molecule has 2 rings (SSSR count). The number of carbonyl (C=O) groups excluding carboxylic acids is 1. The molecule has 0 saturated heterocycles. The van der Waals surface area contributed by atoms with Crippen LogP contribution in [0.15, 0.2) is 63.8 Å². The number of alkyl halides is 3. The molecule has 7 nitrogen and oxygen atoms in total. The molecule has 0 spiro atoms. The third-order valence-corrected chi connectivity index (χ3v) is 6.71. The van der Waals surface area contributed by atoms with Gasteiger partial charge in [-0.25, -0.2) is 8.42 Å². The predicted octanol–water partition coefficient (Wildman–Crippen LogP) is 4.79. The molecule has 0 fully saturated rings. The summed E-state index contributed by atoms with van der Waals surface area (Å²) in [5.74, 6) is -0.304. The fourth-order valence-corrected chi connectivity index (χ4v) is 3.89. The average molecular weight is 602 g/mol. The zero-order valence-electron chi connectivity index (χ0n) is 16.4. The summed E-state index contributed by atoms with van der Waals surface area (Å²) in [4.78, 5) is 12.5. The molecule has 1 atom stereocenters. The Kier molecular flexibility index (Phi) is 9.21. The molecule has 13 heteroatoms. The van der Waals surface area contributed by atoms with Crippen molar-refractivity contribution < 1.29 is 17.9 Å². The Morgan fingerprint density at radius 1 is 1.19 bits per heavy atom. The summed E-state index contributed by atoms with van der Waals surface area (Å²) in [5.41, 5.74) is 0.684. The number of benzene rings is 2. The summed E-state index contributed by atoms with van der Waals surface area (Å²) in [5, 5.41) is 8.92. The number of methoxy groups -OCH3 is 1. The molecule has 0 heterocycles. The maximum absolute atomic E-state index is 12.5. The minimum atomic E-state index is -3.65. The quantitative estimate of drug-likeness (QED) is 0.239. The number of hydrogen-bond donors (Lipinski definition) is 3. The molecule has 3 N–H and O–H groups in total. The van der Waals surface area contributed by atoms with Gasteiger partial charge in [0.25, 0.3) is 5.91 Å². The molecule has 0 aliphatic carbocycles. The van der Waals surface area contributed by atoms with E-state index in [4.69, 9.17) is 51.8 Å². The van der Waals surface area contributed by atoms with Gasteiger partial charge in [-0.3, -0.25) is 4.79 Å². The highest BCUT2D eigenvalue weighted by Gasteiger charge is 2.35. The summed E-state index contributed by atoms with van der Waals surface area (Å²) >= 11 is 26.6. The third kappa shape index (κ3) is 7.23. The molecule has 0 radical (unpaired) electrons. The van der Waals surface area contributed by atoms with Gasteiger partial charge in [-0.2, -0.15) is 0 Å². The summed E-state index contributed by atoms with van der Waals surface area (Å²) in [6.45, 7) is 3.29. The lowest BCUT2D eigenvalue weighted by Crippen LogP contribution is -2.56. The molecule has 0 saturated carbocycles. The first kappa shape index (κ1) is 26.7. The minimum Gasteiger partial charge on any atom is -0.495 e. The van der Waals surface area contributed by atoms with Crippen LogP contribution in [-0.2, 0) is 9.84 Å². The van der Waals surface area contributed by atoms with Crippen molar-refractivity contribution in [2.24, 2.45) is 0 Å². The lowest BCUT2D eigenvalue weighted by Gasteiger charge is -2.28. The Balaban J connectivity index is 2.18. The summed E-state index contributed by atoms with van der Waals surface area (Å²) in [7, 11) is -2.29. The van der Waals surface area contributed by atoms with Gasteiger partial charge >= 0.3 is 0 Å². The number of rotatable bonds is 7. The smallest absolute Gasteiger partial charge is 0.252 e. The molecule has 0 unspecified atom stereocenters. The normalized spacial score (nSPS) is 12.4. The molecule has 2 aromatic rings. The number of amides is 1. The Bertz CT molecular complexity index is 1120. The van der Waals surface area contributed by atoms with Crippen LogP contribution in [0.25, 0.3) is 0 Å². The van der Waals surface area contributed by atoms with E-state index in [1.165, 1.54) is 25.3 Å². The lowest BCUT2D eigenvalue weighted by molar-refractivity contribution is 0.0934. The highest BCUT2D eigenvalue weighted by Crippen LogP contribution is 2.31.